The summed E-state index contributed by atoms with van der Waals surface area (Å²) in [4.78, 5) is 4.13. The molecule has 0 saturated heterocycles. The van der Waals surface area contributed by atoms with Crippen molar-refractivity contribution in [2.45, 2.75) is 32.6 Å². The Bertz CT molecular complexity index is 91.3. The highest BCUT2D eigenvalue weighted by molar-refractivity contribution is 4.69. The molecule has 1 N–H and O–H groups in total. The summed E-state index contributed by atoms with van der Waals surface area (Å²) in [6, 6.07) is 0. The van der Waals surface area contributed by atoms with Crippen LogP contribution < -0.4 is 0 Å². The number of rotatable bonds is 2. The van der Waals surface area contributed by atoms with Crippen LogP contribution in [-0.2, 0) is 4.89 Å². The minimum Gasteiger partial charge on any atom is -0.252 e. The summed E-state index contributed by atoms with van der Waals surface area (Å²) in [6.07, 6.45) is 5.10. The fraction of sp³-hybridized carbons (Fsp3) is 1.00. The second kappa shape index (κ2) is 3.94. The van der Waals surface area contributed by atoms with Gasteiger partial charge in [-0.3, -0.25) is 5.26 Å². The van der Waals surface area contributed by atoms with Crippen molar-refractivity contribution in [1.29, 1.82) is 0 Å². The third-order valence-corrected chi connectivity index (χ3v) is 2.36. The van der Waals surface area contributed by atoms with Crippen molar-refractivity contribution in [2.75, 3.05) is 6.61 Å². The summed E-state index contributed by atoms with van der Waals surface area (Å²) in [5, 5.41) is 8.20. The lowest BCUT2D eigenvalue weighted by Gasteiger charge is -2.25. The second-order valence-corrected chi connectivity index (χ2v) is 3.43. The Morgan fingerprint density at radius 2 is 2.30 bits per heavy atom. The first-order valence-electron chi connectivity index (χ1n) is 4.09. The third kappa shape index (κ3) is 2.27. The van der Waals surface area contributed by atoms with Crippen LogP contribution in [0, 0.1) is 11.8 Å². The topological polar surface area (TPSA) is 29.5 Å². The fourth-order valence-corrected chi connectivity index (χ4v) is 1.82. The molecule has 10 heavy (non-hydrogen) atoms. The van der Waals surface area contributed by atoms with Crippen LogP contribution >= 0.6 is 0 Å². The monoisotopic (exact) mass is 144 g/mol. The highest BCUT2D eigenvalue weighted by Gasteiger charge is 2.18. The molecule has 1 saturated carbocycles. The molecule has 0 aliphatic heterocycles. The van der Waals surface area contributed by atoms with Crippen LogP contribution in [0.3, 0.4) is 0 Å². The molecule has 1 aliphatic carbocycles. The van der Waals surface area contributed by atoms with E-state index in [0.29, 0.717) is 12.5 Å². The van der Waals surface area contributed by atoms with E-state index in [9.17, 15) is 0 Å². The average molecular weight is 144 g/mol. The molecule has 2 heteroatoms. The molecule has 0 aromatic carbocycles. The molecule has 0 bridgehead atoms. The van der Waals surface area contributed by atoms with Gasteiger partial charge in [0, 0.05) is 0 Å². The summed E-state index contributed by atoms with van der Waals surface area (Å²) in [5.74, 6) is 1.43. The molecule has 0 aromatic heterocycles. The van der Waals surface area contributed by atoms with E-state index in [1.807, 2.05) is 0 Å². The summed E-state index contributed by atoms with van der Waals surface area (Å²) in [7, 11) is 0. The van der Waals surface area contributed by atoms with Gasteiger partial charge in [-0.25, -0.2) is 4.89 Å². The molecule has 2 unspecified atom stereocenters. The molecule has 1 rings (SSSR count). The third-order valence-electron chi connectivity index (χ3n) is 2.36. The highest BCUT2D eigenvalue weighted by atomic mass is 17.1. The lowest BCUT2D eigenvalue weighted by Crippen LogP contribution is -2.17. The quantitative estimate of drug-likeness (QED) is 0.476. The van der Waals surface area contributed by atoms with Crippen LogP contribution in [0.15, 0.2) is 0 Å². The zero-order valence-electron chi connectivity index (χ0n) is 6.55. The summed E-state index contributed by atoms with van der Waals surface area (Å²) in [5.41, 5.74) is 0. The molecule has 0 heterocycles. The zero-order chi connectivity index (χ0) is 7.40. The van der Waals surface area contributed by atoms with Crippen LogP contribution in [0.2, 0.25) is 0 Å². The van der Waals surface area contributed by atoms with Crippen LogP contribution in [0.1, 0.15) is 32.6 Å². The first-order valence-corrected chi connectivity index (χ1v) is 4.09. The SMILES string of the molecule is CC1CCCC(COO)C1. The number of hydrogen-bond acceptors (Lipinski definition) is 2. The predicted octanol–water partition coefficient (Wildman–Crippen LogP) is 2.30. The van der Waals surface area contributed by atoms with Crippen molar-refractivity contribution in [1.82, 2.24) is 0 Å². The molecule has 1 fully saturated rings. The zero-order valence-corrected chi connectivity index (χ0v) is 6.55. The molecule has 0 radical (unpaired) electrons. The van der Waals surface area contributed by atoms with Crippen molar-refractivity contribution in [3.8, 4) is 0 Å². The molecular formula is C8H16O2. The smallest absolute Gasteiger partial charge is 0.0848 e. The van der Waals surface area contributed by atoms with Crippen molar-refractivity contribution in [2.24, 2.45) is 11.8 Å². The lowest BCUT2D eigenvalue weighted by molar-refractivity contribution is -0.253. The Morgan fingerprint density at radius 1 is 1.50 bits per heavy atom. The molecular weight excluding hydrogens is 128 g/mol. The number of hydrogen-bond donors (Lipinski definition) is 1. The maximum absolute atomic E-state index is 8.20. The first kappa shape index (κ1) is 8.02. The predicted molar refractivity (Wildman–Crippen MR) is 39.7 cm³/mol. The van der Waals surface area contributed by atoms with Crippen molar-refractivity contribution in [3.05, 3.63) is 0 Å². The molecule has 2 nitrogen and oxygen atoms in total. The van der Waals surface area contributed by atoms with Gasteiger partial charge >= 0.3 is 0 Å². The van der Waals surface area contributed by atoms with Gasteiger partial charge in [-0.2, -0.15) is 0 Å². The van der Waals surface area contributed by atoms with E-state index in [1.165, 1.54) is 25.7 Å². The van der Waals surface area contributed by atoms with Gasteiger partial charge < -0.3 is 0 Å². The molecule has 0 spiro atoms. The van der Waals surface area contributed by atoms with E-state index >= 15 is 0 Å². The van der Waals surface area contributed by atoms with E-state index in [4.69, 9.17) is 5.26 Å². The van der Waals surface area contributed by atoms with E-state index in [0.717, 1.165) is 5.92 Å². The van der Waals surface area contributed by atoms with Gasteiger partial charge in [-0.15, -0.1) is 0 Å². The van der Waals surface area contributed by atoms with Crippen LogP contribution in [-0.4, -0.2) is 11.9 Å². The van der Waals surface area contributed by atoms with Crippen molar-refractivity contribution in [3.63, 3.8) is 0 Å². The van der Waals surface area contributed by atoms with Gasteiger partial charge in [0.1, 0.15) is 0 Å². The van der Waals surface area contributed by atoms with E-state index in [1.54, 1.807) is 0 Å². The van der Waals surface area contributed by atoms with Gasteiger partial charge in [0.25, 0.3) is 0 Å². The summed E-state index contributed by atoms with van der Waals surface area (Å²) >= 11 is 0. The lowest BCUT2D eigenvalue weighted by atomic mass is 9.83. The Labute approximate surface area is 62.1 Å². The fourth-order valence-electron chi connectivity index (χ4n) is 1.82. The largest absolute Gasteiger partial charge is 0.252 e. The van der Waals surface area contributed by atoms with Gasteiger partial charge in [0.15, 0.2) is 0 Å². The molecule has 2 atom stereocenters. The van der Waals surface area contributed by atoms with Gasteiger partial charge in [0.2, 0.25) is 0 Å². The van der Waals surface area contributed by atoms with Crippen LogP contribution in [0.4, 0.5) is 0 Å². The van der Waals surface area contributed by atoms with E-state index < -0.39 is 0 Å². The molecule has 60 valence electrons. The van der Waals surface area contributed by atoms with Crippen molar-refractivity contribution >= 4 is 0 Å². The standard InChI is InChI=1S/C8H16O2/c1-7-3-2-4-8(5-7)6-10-9/h7-9H,2-6H2,1H3. The summed E-state index contributed by atoms with van der Waals surface area (Å²) < 4.78 is 0. The van der Waals surface area contributed by atoms with E-state index in [-0.39, 0.29) is 0 Å². The van der Waals surface area contributed by atoms with Crippen molar-refractivity contribution < 1.29 is 10.1 Å². The van der Waals surface area contributed by atoms with Gasteiger partial charge in [-0.05, 0) is 24.7 Å². The molecule has 1 aliphatic rings. The van der Waals surface area contributed by atoms with E-state index in [2.05, 4.69) is 11.8 Å². The maximum atomic E-state index is 8.20. The summed E-state index contributed by atoms with van der Waals surface area (Å²) in [6.45, 7) is 2.80. The van der Waals surface area contributed by atoms with Crippen LogP contribution in [0.25, 0.3) is 0 Å². The van der Waals surface area contributed by atoms with Gasteiger partial charge in [-0.1, -0.05) is 19.8 Å². The highest BCUT2D eigenvalue weighted by Crippen LogP contribution is 2.28. The maximum Gasteiger partial charge on any atom is 0.0848 e. The molecule has 0 aromatic rings. The Kier molecular flexibility index (Phi) is 3.16. The minimum absolute atomic E-state index is 0.532. The van der Waals surface area contributed by atoms with Crippen LogP contribution in [0.5, 0.6) is 0 Å². The first-order chi connectivity index (χ1) is 4.83. The average Bonchev–Trinajstić information content (AvgIpc) is 1.88. The minimum atomic E-state index is 0.532. The Morgan fingerprint density at radius 3 is 2.90 bits per heavy atom. The second-order valence-electron chi connectivity index (χ2n) is 3.43. The normalized spacial score (nSPS) is 34.2. The molecule has 0 amide bonds. The Hall–Kier alpha value is -0.0800. The Balaban J connectivity index is 2.18. The van der Waals surface area contributed by atoms with Gasteiger partial charge in [0.05, 0.1) is 6.61 Å².